The minimum absolute atomic E-state index is 0.0782. The van der Waals surface area contributed by atoms with Crippen molar-refractivity contribution in [2.24, 2.45) is 11.8 Å². The van der Waals surface area contributed by atoms with E-state index in [4.69, 9.17) is 0 Å². The lowest BCUT2D eigenvalue weighted by Crippen LogP contribution is -2.45. The van der Waals surface area contributed by atoms with Crippen LogP contribution in [0.5, 0.6) is 0 Å². The molecule has 1 unspecified atom stereocenters. The molecule has 0 spiro atoms. The van der Waals surface area contributed by atoms with Crippen LogP contribution in [0.15, 0.2) is 24.3 Å². The Kier molecular flexibility index (Phi) is 4.75. The number of piperidine rings is 2. The zero-order valence-corrected chi connectivity index (χ0v) is 15.1. The summed E-state index contributed by atoms with van der Waals surface area (Å²) in [6.45, 7) is 7.65. The van der Waals surface area contributed by atoms with E-state index in [1.54, 1.807) is 0 Å². The van der Waals surface area contributed by atoms with Gasteiger partial charge in [-0.2, -0.15) is 5.10 Å². The van der Waals surface area contributed by atoms with Gasteiger partial charge in [0.05, 0.1) is 5.52 Å². The first-order valence-electron chi connectivity index (χ1n) is 9.65. The molecule has 0 aliphatic carbocycles. The van der Waals surface area contributed by atoms with Crippen LogP contribution in [0, 0.1) is 11.8 Å². The van der Waals surface area contributed by atoms with Gasteiger partial charge in [0.1, 0.15) is 0 Å². The van der Waals surface area contributed by atoms with Crippen molar-refractivity contribution in [2.45, 2.75) is 32.6 Å². The van der Waals surface area contributed by atoms with Crippen LogP contribution >= 0.6 is 0 Å². The Hall–Kier alpha value is -1.88. The lowest BCUT2D eigenvalue weighted by atomic mass is 9.94. The standard InChI is InChI=1S/C20H28N4O/c1-15-8-11-23(12-9-15)13-16-5-4-10-24(14-16)20(25)19-17-6-2-3-7-18(17)21-22-19/h2-3,6-7,15-16H,4-5,8-14H2,1H3,(H,21,22). The molecule has 0 bridgehead atoms. The van der Waals surface area contributed by atoms with Crippen molar-refractivity contribution >= 4 is 16.8 Å². The molecule has 1 aromatic heterocycles. The number of hydrogen-bond acceptors (Lipinski definition) is 3. The summed E-state index contributed by atoms with van der Waals surface area (Å²) in [6, 6.07) is 7.87. The summed E-state index contributed by atoms with van der Waals surface area (Å²) >= 11 is 0. The number of amides is 1. The van der Waals surface area contributed by atoms with Gasteiger partial charge in [0.2, 0.25) is 0 Å². The van der Waals surface area contributed by atoms with E-state index in [9.17, 15) is 4.79 Å². The molecule has 2 fully saturated rings. The Balaban J connectivity index is 1.41. The maximum Gasteiger partial charge on any atom is 0.275 e. The first-order chi connectivity index (χ1) is 12.2. The number of rotatable bonds is 3. The van der Waals surface area contributed by atoms with Crippen molar-refractivity contribution in [3.8, 4) is 0 Å². The highest BCUT2D eigenvalue weighted by atomic mass is 16.2. The number of carbonyl (C=O) groups excluding carboxylic acids is 1. The fraction of sp³-hybridized carbons (Fsp3) is 0.600. The summed E-state index contributed by atoms with van der Waals surface area (Å²) in [4.78, 5) is 17.6. The number of fused-ring (bicyclic) bond motifs is 1. The van der Waals surface area contributed by atoms with Crippen LogP contribution in [-0.2, 0) is 0 Å². The Morgan fingerprint density at radius 3 is 2.84 bits per heavy atom. The van der Waals surface area contributed by atoms with Gasteiger partial charge in [-0.3, -0.25) is 9.89 Å². The molecular weight excluding hydrogens is 312 g/mol. The SMILES string of the molecule is CC1CCN(CC2CCCN(C(=O)c3n[nH]c4ccccc34)C2)CC1. The van der Waals surface area contributed by atoms with E-state index in [0.29, 0.717) is 11.6 Å². The van der Waals surface area contributed by atoms with E-state index >= 15 is 0 Å². The lowest BCUT2D eigenvalue weighted by molar-refractivity contribution is 0.0618. The summed E-state index contributed by atoms with van der Waals surface area (Å²) in [7, 11) is 0. The van der Waals surface area contributed by atoms with E-state index in [0.717, 1.165) is 42.9 Å². The number of aromatic amines is 1. The van der Waals surface area contributed by atoms with Crippen LogP contribution < -0.4 is 0 Å². The number of nitrogens with zero attached hydrogens (tertiary/aromatic N) is 3. The van der Waals surface area contributed by atoms with Crippen molar-refractivity contribution in [2.75, 3.05) is 32.7 Å². The fourth-order valence-electron chi connectivity index (χ4n) is 4.28. The Labute approximate surface area is 149 Å². The van der Waals surface area contributed by atoms with Crippen LogP contribution in [-0.4, -0.2) is 58.6 Å². The lowest BCUT2D eigenvalue weighted by Gasteiger charge is -2.37. The molecule has 1 N–H and O–H groups in total. The van der Waals surface area contributed by atoms with Crippen molar-refractivity contribution in [3.05, 3.63) is 30.0 Å². The number of carbonyl (C=O) groups is 1. The molecule has 2 aromatic rings. The molecule has 2 saturated heterocycles. The summed E-state index contributed by atoms with van der Waals surface area (Å²) in [5.41, 5.74) is 1.50. The average molecular weight is 340 g/mol. The Morgan fingerprint density at radius 1 is 1.20 bits per heavy atom. The van der Waals surface area contributed by atoms with Crippen LogP contribution in [0.2, 0.25) is 0 Å². The van der Waals surface area contributed by atoms with E-state index < -0.39 is 0 Å². The number of hydrogen-bond donors (Lipinski definition) is 1. The van der Waals surface area contributed by atoms with Gasteiger partial charge in [-0.1, -0.05) is 25.1 Å². The average Bonchev–Trinajstić information content (AvgIpc) is 3.07. The fourth-order valence-corrected chi connectivity index (χ4v) is 4.28. The topological polar surface area (TPSA) is 52.2 Å². The van der Waals surface area contributed by atoms with Crippen molar-refractivity contribution in [3.63, 3.8) is 0 Å². The van der Waals surface area contributed by atoms with Gasteiger partial charge >= 0.3 is 0 Å². The van der Waals surface area contributed by atoms with Gasteiger partial charge in [-0.15, -0.1) is 0 Å². The van der Waals surface area contributed by atoms with E-state index in [-0.39, 0.29) is 5.91 Å². The number of benzene rings is 1. The smallest absolute Gasteiger partial charge is 0.275 e. The van der Waals surface area contributed by atoms with Gasteiger partial charge in [0.15, 0.2) is 5.69 Å². The molecule has 1 atom stereocenters. The molecule has 2 aliphatic rings. The number of para-hydroxylation sites is 1. The van der Waals surface area contributed by atoms with E-state index in [1.807, 2.05) is 29.2 Å². The first kappa shape index (κ1) is 16.6. The second-order valence-corrected chi connectivity index (χ2v) is 7.86. The zero-order chi connectivity index (χ0) is 17.2. The Morgan fingerprint density at radius 2 is 2.00 bits per heavy atom. The minimum Gasteiger partial charge on any atom is -0.337 e. The van der Waals surface area contributed by atoms with Crippen molar-refractivity contribution in [1.29, 1.82) is 0 Å². The molecule has 0 radical (unpaired) electrons. The third-order valence-corrected chi connectivity index (χ3v) is 5.87. The summed E-state index contributed by atoms with van der Waals surface area (Å²) < 4.78 is 0. The maximum atomic E-state index is 13.0. The maximum absolute atomic E-state index is 13.0. The van der Waals surface area contributed by atoms with Gasteiger partial charge in [-0.05, 0) is 56.7 Å². The number of H-pyrrole nitrogens is 1. The molecule has 5 heteroatoms. The monoisotopic (exact) mass is 340 g/mol. The van der Waals surface area contributed by atoms with Crippen LogP contribution in [0.3, 0.4) is 0 Å². The highest BCUT2D eigenvalue weighted by Gasteiger charge is 2.28. The number of aromatic nitrogens is 2. The highest BCUT2D eigenvalue weighted by Crippen LogP contribution is 2.24. The van der Waals surface area contributed by atoms with Gasteiger partial charge < -0.3 is 9.80 Å². The van der Waals surface area contributed by atoms with E-state index in [2.05, 4.69) is 22.0 Å². The third-order valence-electron chi connectivity index (χ3n) is 5.87. The first-order valence-corrected chi connectivity index (χ1v) is 9.65. The molecule has 3 heterocycles. The van der Waals surface area contributed by atoms with Gasteiger partial charge in [0, 0.05) is 25.0 Å². The molecule has 1 amide bonds. The number of nitrogens with one attached hydrogen (secondary N) is 1. The highest BCUT2D eigenvalue weighted by molar-refractivity contribution is 6.04. The second kappa shape index (κ2) is 7.16. The Bertz CT molecular complexity index is 732. The molecule has 0 saturated carbocycles. The molecule has 5 nitrogen and oxygen atoms in total. The third kappa shape index (κ3) is 3.56. The molecule has 4 rings (SSSR count). The zero-order valence-electron chi connectivity index (χ0n) is 15.1. The number of likely N-dealkylation sites (tertiary alicyclic amines) is 2. The normalized spacial score (nSPS) is 23.2. The van der Waals surface area contributed by atoms with Crippen LogP contribution in [0.1, 0.15) is 43.1 Å². The second-order valence-electron chi connectivity index (χ2n) is 7.86. The molecule has 134 valence electrons. The van der Waals surface area contributed by atoms with Gasteiger partial charge in [-0.25, -0.2) is 0 Å². The molecule has 2 aliphatic heterocycles. The van der Waals surface area contributed by atoms with Gasteiger partial charge in [0.25, 0.3) is 5.91 Å². The predicted molar refractivity (Wildman–Crippen MR) is 99.6 cm³/mol. The minimum atomic E-state index is 0.0782. The largest absolute Gasteiger partial charge is 0.337 e. The molecule has 1 aromatic carbocycles. The van der Waals surface area contributed by atoms with E-state index in [1.165, 1.54) is 32.4 Å². The molecular formula is C20H28N4O. The van der Waals surface area contributed by atoms with Crippen LogP contribution in [0.25, 0.3) is 10.9 Å². The van der Waals surface area contributed by atoms with Crippen molar-refractivity contribution in [1.82, 2.24) is 20.0 Å². The summed E-state index contributed by atoms with van der Waals surface area (Å²) in [6.07, 6.45) is 4.96. The quantitative estimate of drug-likeness (QED) is 0.934. The molecule has 25 heavy (non-hydrogen) atoms. The summed E-state index contributed by atoms with van der Waals surface area (Å²) in [5.74, 6) is 1.54. The predicted octanol–water partition coefficient (Wildman–Crippen LogP) is 3.15. The van der Waals surface area contributed by atoms with Crippen LogP contribution in [0.4, 0.5) is 0 Å². The van der Waals surface area contributed by atoms with Crippen molar-refractivity contribution < 1.29 is 4.79 Å². The summed E-state index contributed by atoms with van der Waals surface area (Å²) in [5, 5.41) is 8.21.